The Morgan fingerprint density at radius 2 is 2.00 bits per heavy atom. The lowest BCUT2D eigenvalue weighted by atomic mass is 10.0. The van der Waals surface area contributed by atoms with Crippen molar-refractivity contribution in [1.29, 1.82) is 0 Å². The number of fused-ring (bicyclic) bond motifs is 1. The van der Waals surface area contributed by atoms with E-state index in [1.165, 1.54) is 30.8 Å². The molecule has 2 N–H and O–H groups in total. The minimum Gasteiger partial charge on any atom is -0.382 e. The zero-order valence-electron chi connectivity index (χ0n) is 11.0. The third-order valence-electron chi connectivity index (χ3n) is 4.36. The summed E-state index contributed by atoms with van der Waals surface area (Å²) in [6.45, 7) is 3.56. The van der Waals surface area contributed by atoms with E-state index in [0.717, 1.165) is 29.9 Å². The smallest absolute Gasteiger partial charge is 0.184 e. The van der Waals surface area contributed by atoms with Gasteiger partial charge in [0.15, 0.2) is 15.7 Å². The molecule has 2 aliphatic rings. The van der Waals surface area contributed by atoms with Gasteiger partial charge >= 0.3 is 0 Å². The number of nitrogens with zero attached hydrogens (tertiary/aromatic N) is 2. The predicted octanol–water partition coefficient (Wildman–Crippen LogP) is 1.76. The summed E-state index contributed by atoms with van der Waals surface area (Å²) in [5.41, 5.74) is 5.78. The van der Waals surface area contributed by atoms with Crippen LogP contribution in [0, 0.1) is 11.8 Å². The summed E-state index contributed by atoms with van der Waals surface area (Å²) in [7, 11) is -3.30. The number of hydrogen-bond acceptors (Lipinski definition) is 6. The first-order valence-corrected chi connectivity index (χ1v) is 9.18. The molecule has 1 saturated carbocycles. The Balaban J connectivity index is 1.95. The summed E-state index contributed by atoms with van der Waals surface area (Å²) in [6, 6.07) is 0. The van der Waals surface area contributed by atoms with Crippen LogP contribution in [0.5, 0.6) is 0 Å². The molecule has 19 heavy (non-hydrogen) atoms. The monoisotopic (exact) mass is 301 g/mol. The molecule has 1 aliphatic heterocycles. The van der Waals surface area contributed by atoms with Crippen molar-refractivity contribution >= 4 is 32.2 Å². The first-order valence-electron chi connectivity index (χ1n) is 6.75. The predicted molar refractivity (Wildman–Crippen MR) is 77.3 cm³/mol. The van der Waals surface area contributed by atoms with Crippen LogP contribution in [-0.4, -0.2) is 31.6 Å². The van der Waals surface area contributed by atoms with E-state index in [2.05, 4.69) is 9.27 Å². The van der Waals surface area contributed by atoms with Crippen molar-refractivity contribution in [3.8, 4) is 0 Å². The number of aromatic nitrogens is 1. The van der Waals surface area contributed by atoms with Crippen molar-refractivity contribution in [2.45, 2.75) is 31.1 Å². The zero-order valence-corrected chi connectivity index (χ0v) is 12.6. The molecule has 2 unspecified atom stereocenters. The second kappa shape index (κ2) is 4.63. The van der Waals surface area contributed by atoms with Crippen molar-refractivity contribution in [2.24, 2.45) is 11.8 Å². The molecule has 7 heteroatoms. The molecule has 0 bridgehead atoms. The van der Waals surface area contributed by atoms with Gasteiger partial charge in [-0.25, -0.2) is 8.42 Å². The van der Waals surface area contributed by atoms with Gasteiger partial charge in [-0.15, -0.1) is 0 Å². The maximum atomic E-state index is 12.2. The standard InChI is InChI=1S/C12H19N3O2S2/c1-2-19(16,17)10-11(13)14-18-12(10)15-6-8-4-3-5-9(8)7-15/h8-9H,2-7H2,1H3,(H2,13,14). The van der Waals surface area contributed by atoms with Gasteiger partial charge < -0.3 is 10.6 Å². The van der Waals surface area contributed by atoms with Crippen LogP contribution in [0.1, 0.15) is 26.2 Å². The van der Waals surface area contributed by atoms with Gasteiger partial charge in [0.05, 0.1) is 5.75 Å². The quantitative estimate of drug-likeness (QED) is 0.920. The summed E-state index contributed by atoms with van der Waals surface area (Å²) >= 11 is 1.23. The fraction of sp³-hybridized carbons (Fsp3) is 0.750. The van der Waals surface area contributed by atoms with Crippen molar-refractivity contribution < 1.29 is 8.42 Å². The van der Waals surface area contributed by atoms with Crippen LogP contribution >= 0.6 is 11.5 Å². The molecular weight excluding hydrogens is 282 g/mol. The molecule has 2 heterocycles. The topological polar surface area (TPSA) is 76.3 Å². The Morgan fingerprint density at radius 1 is 1.37 bits per heavy atom. The summed E-state index contributed by atoms with van der Waals surface area (Å²) in [6.07, 6.45) is 3.85. The van der Waals surface area contributed by atoms with Crippen LogP contribution in [0.25, 0.3) is 0 Å². The number of nitrogen functional groups attached to an aromatic ring is 1. The molecule has 1 saturated heterocycles. The molecule has 0 spiro atoms. The van der Waals surface area contributed by atoms with Gasteiger partial charge in [0, 0.05) is 13.1 Å². The Hall–Kier alpha value is -0.820. The normalized spacial score (nSPS) is 26.9. The van der Waals surface area contributed by atoms with E-state index in [4.69, 9.17) is 5.73 Å². The van der Waals surface area contributed by atoms with Gasteiger partial charge in [-0.05, 0) is 36.2 Å². The van der Waals surface area contributed by atoms with E-state index in [1.54, 1.807) is 6.92 Å². The van der Waals surface area contributed by atoms with Crippen LogP contribution in [-0.2, 0) is 9.84 Å². The Bertz CT molecular complexity index is 570. The van der Waals surface area contributed by atoms with Crippen LogP contribution in [0.2, 0.25) is 0 Å². The summed E-state index contributed by atoms with van der Waals surface area (Å²) < 4.78 is 28.4. The van der Waals surface area contributed by atoms with E-state index < -0.39 is 9.84 Å². The fourth-order valence-electron chi connectivity index (χ4n) is 3.32. The number of sulfone groups is 1. The first kappa shape index (κ1) is 13.2. The fourth-order valence-corrected chi connectivity index (χ4v) is 5.65. The highest BCUT2D eigenvalue weighted by molar-refractivity contribution is 7.91. The minimum absolute atomic E-state index is 0.0727. The van der Waals surface area contributed by atoms with Gasteiger partial charge in [0.25, 0.3) is 0 Å². The SMILES string of the molecule is CCS(=O)(=O)c1c(N)nsc1N1CC2CCCC2C1. The maximum Gasteiger partial charge on any atom is 0.184 e. The van der Waals surface area contributed by atoms with Crippen LogP contribution < -0.4 is 10.6 Å². The second-order valence-corrected chi connectivity index (χ2v) is 8.43. The lowest BCUT2D eigenvalue weighted by molar-refractivity contribution is 0.494. The van der Waals surface area contributed by atoms with E-state index in [-0.39, 0.29) is 16.5 Å². The van der Waals surface area contributed by atoms with E-state index in [0.29, 0.717) is 0 Å². The van der Waals surface area contributed by atoms with Crippen LogP contribution in [0.4, 0.5) is 10.8 Å². The average molecular weight is 301 g/mol. The molecule has 1 aliphatic carbocycles. The highest BCUT2D eigenvalue weighted by atomic mass is 32.2. The third kappa shape index (κ3) is 2.12. The molecule has 0 amide bonds. The highest BCUT2D eigenvalue weighted by Gasteiger charge is 2.39. The third-order valence-corrected chi connectivity index (χ3v) is 7.20. The van der Waals surface area contributed by atoms with E-state index >= 15 is 0 Å². The van der Waals surface area contributed by atoms with Crippen molar-refractivity contribution in [3.63, 3.8) is 0 Å². The molecule has 106 valence electrons. The molecule has 2 atom stereocenters. The molecule has 0 radical (unpaired) electrons. The van der Waals surface area contributed by atoms with E-state index in [1.807, 2.05) is 0 Å². The van der Waals surface area contributed by atoms with Gasteiger partial charge in [0.1, 0.15) is 9.90 Å². The Labute approximate surface area is 117 Å². The average Bonchev–Trinajstić information content (AvgIpc) is 3.01. The maximum absolute atomic E-state index is 12.2. The van der Waals surface area contributed by atoms with E-state index in [9.17, 15) is 8.42 Å². The molecule has 3 rings (SSSR count). The van der Waals surface area contributed by atoms with Gasteiger partial charge in [0.2, 0.25) is 0 Å². The number of rotatable bonds is 3. The molecule has 1 aromatic heterocycles. The van der Waals surface area contributed by atoms with Crippen molar-refractivity contribution in [1.82, 2.24) is 4.37 Å². The summed E-state index contributed by atoms with van der Waals surface area (Å²) in [5, 5.41) is 0.758. The first-order chi connectivity index (χ1) is 9.03. The van der Waals surface area contributed by atoms with Crippen LogP contribution in [0.3, 0.4) is 0 Å². The number of nitrogens with two attached hydrogens (primary N) is 1. The lowest BCUT2D eigenvalue weighted by Gasteiger charge is -2.18. The Kier molecular flexibility index (Phi) is 3.21. The lowest BCUT2D eigenvalue weighted by Crippen LogP contribution is -2.22. The molecule has 5 nitrogen and oxygen atoms in total. The summed E-state index contributed by atoms with van der Waals surface area (Å²) in [5.74, 6) is 1.68. The molecule has 0 aromatic carbocycles. The minimum atomic E-state index is -3.30. The highest BCUT2D eigenvalue weighted by Crippen LogP contribution is 2.43. The van der Waals surface area contributed by atoms with Gasteiger partial charge in [-0.3, -0.25) is 0 Å². The van der Waals surface area contributed by atoms with Gasteiger partial charge in [-0.1, -0.05) is 13.3 Å². The summed E-state index contributed by atoms with van der Waals surface area (Å²) in [4.78, 5) is 2.45. The zero-order chi connectivity index (χ0) is 13.6. The molecule has 1 aromatic rings. The number of hydrogen-bond donors (Lipinski definition) is 1. The molecular formula is C12H19N3O2S2. The largest absolute Gasteiger partial charge is 0.382 e. The second-order valence-electron chi connectivity index (χ2n) is 5.46. The Morgan fingerprint density at radius 3 is 2.58 bits per heavy atom. The van der Waals surface area contributed by atoms with Crippen LogP contribution in [0.15, 0.2) is 4.90 Å². The molecule has 2 fully saturated rings. The number of anilines is 2. The van der Waals surface area contributed by atoms with Crippen molar-refractivity contribution in [2.75, 3.05) is 29.5 Å². The van der Waals surface area contributed by atoms with Crippen molar-refractivity contribution in [3.05, 3.63) is 0 Å². The van der Waals surface area contributed by atoms with Gasteiger partial charge in [-0.2, -0.15) is 4.37 Å².